The van der Waals surface area contributed by atoms with Crippen LogP contribution < -0.4 is 11.2 Å². The molecule has 0 bridgehead atoms. The summed E-state index contributed by atoms with van der Waals surface area (Å²) in [6.07, 6.45) is 3.72. The van der Waals surface area contributed by atoms with Crippen molar-refractivity contribution in [3.05, 3.63) is 72.4 Å². The lowest BCUT2D eigenvalue weighted by atomic mass is 9.98. The smallest absolute Gasteiger partial charge is 0.262 e. The molecule has 1 aromatic carbocycles. The first kappa shape index (κ1) is 23.7. The Morgan fingerprint density at radius 2 is 2.06 bits per heavy atom. The van der Waals surface area contributed by atoms with E-state index < -0.39 is 11.5 Å². The van der Waals surface area contributed by atoms with Gasteiger partial charge in [0.2, 0.25) is 11.5 Å². The van der Waals surface area contributed by atoms with Crippen LogP contribution in [0, 0.1) is 0 Å². The van der Waals surface area contributed by atoms with Gasteiger partial charge in [-0.2, -0.15) is 0 Å². The molecule has 2 aliphatic heterocycles. The number of hydrazine groups is 1. The third kappa shape index (κ3) is 4.59. The first-order valence-electron chi connectivity index (χ1n) is 11.5. The molecule has 1 unspecified atom stereocenters. The second-order valence-electron chi connectivity index (χ2n) is 8.79. The summed E-state index contributed by atoms with van der Waals surface area (Å²) < 4.78 is 10.8. The molecule has 2 aromatic heterocycles. The Morgan fingerprint density at radius 1 is 1.25 bits per heavy atom. The number of nitrogens with zero attached hydrogens (tertiary/aromatic N) is 5. The minimum Gasteiger partial charge on any atom is -0.373 e. The zero-order valence-corrected chi connectivity index (χ0v) is 19.8. The van der Waals surface area contributed by atoms with Crippen LogP contribution in [0.3, 0.4) is 0 Å². The van der Waals surface area contributed by atoms with Crippen LogP contribution in [0.15, 0.2) is 71.2 Å². The highest BCUT2D eigenvalue weighted by Crippen LogP contribution is 2.35. The number of nitrogens with one attached hydrogen (secondary N) is 1. The van der Waals surface area contributed by atoms with Crippen molar-refractivity contribution < 1.29 is 19.2 Å². The maximum absolute atomic E-state index is 12.4. The van der Waals surface area contributed by atoms with Gasteiger partial charge in [-0.1, -0.05) is 29.9 Å². The molecule has 11 nitrogen and oxygen atoms in total. The van der Waals surface area contributed by atoms with Crippen LogP contribution in [0.1, 0.15) is 12.2 Å². The van der Waals surface area contributed by atoms with E-state index in [2.05, 4.69) is 27.0 Å². The highest BCUT2D eigenvalue weighted by Gasteiger charge is 2.48. The number of aliphatic hydroxyl groups is 1. The minimum absolute atomic E-state index is 0.137. The fourth-order valence-corrected chi connectivity index (χ4v) is 4.18. The molecule has 11 heteroatoms. The molecule has 0 spiro atoms. The number of rotatable bonds is 6. The lowest BCUT2D eigenvalue weighted by Gasteiger charge is -2.27. The monoisotopic (exact) mass is 489 g/mol. The Balaban J connectivity index is 1.35. The molecule has 0 saturated carbocycles. The molecule has 4 N–H and O–H groups in total. The van der Waals surface area contributed by atoms with Crippen molar-refractivity contribution in [1.82, 2.24) is 25.0 Å². The number of carbonyl (C=O) groups is 1. The van der Waals surface area contributed by atoms with Crippen molar-refractivity contribution in [2.45, 2.75) is 12.0 Å². The molecule has 2 saturated heterocycles. The molecule has 3 aromatic rings. The molecule has 5 rings (SSSR count). The van der Waals surface area contributed by atoms with Gasteiger partial charge < -0.3 is 29.6 Å². The fraction of sp³-hybridized carbons (Fsp3) is 0.280. The van der Waals surface area contributed by atoms with Crippen LogP contribution in [-0.2, 0) is 15.1 Å². The number of nitrogens with two attached hydrogens (primary N) is 1. The van der Waals surface area contributed by atoms with Crippen LogP contribution in [0.2, 0.25) is 0 Å². The van der Waals surface area contributed by atoms with Gasteiger partial charge in [-0.15, -0.1) is 0 Å². The summed E-state index contributed by atoms with van der Waals surface area (Å²) in [6, 6.07) is 11.0. The van der Waals surface area contributed by atoms with Crippen LogP contribution in [0.5, 0.6) is 0 Å². The van der Waals surface area contributed by atoms with E-state index >= 15 is 0 Å². The lowest BCUT2D eigenvalue weighted by molar-refractivity contribution is -0.144. The molecule has 1 atom stereocenters. The van der Waals surface area contributed by atoms with Gasteiger partial charge in [0, 0.05) is 49.1 Å². The van der Waals surface area contributed by atoms with Gasteiger partial charge in [-0.3, -0.25) is 4.79 Å². The normalized spacial score (nSPS) is 21.3. The number of ether oxygens (including phenoxy) is 1. The first-order chi connectivity index (χ1) is 17.3. The highest BCUT2D eigenvalue weighted by atomic mass is 16.5. The van der Waals surface area contributed by atoms with E-state index in [-0.39, 0.29) is 12.2 Å². The molecule has 2 aliphatic rings. The van der Waals surface area contributed by atoms with Crippen molar-refractivity contribution in [2.75, 3.05) is 38.7 Å². The highest BCUT2D eigenvalue weighted by molar-refractivity contribution is 5.87. The van der Waals surface area contributed by atoms with Crippen molar-refractivity contribution in [3.63, 3.8) is 0 Å². The minimum atomic E-state index is -1.69. The SMILES string of the molecule is C=C(/C=C1/COCCN1N)Nc1nccc(-c2cccc(-c3cc(C4(O)CCN(C)C4=O)on3)c2)n1. The number of hydrogen-bond donors (Lipinski definition) is 3. The van der Waals surface area contributed by atoms with Gasteiger partial charge in [0.15, 0.2) is 5.76 Å². The van der Waals surface area contributed by atoms with Crippen molar-refractivity contribution in [3.8, 4) is 22.5 Å². The number of amides is 1. The average molecular weight is 490 g/mol. The molecule has 186 valence electrons. The molecule has 2 fully saturated rings. The summed E-state index contributed by atoms with van der Waals surface area (Å²) in [6.45, 7) is 6.08. The third-order valence-corrected chi connectivity index (χ3v) is 6.25. The van der Waals surface area contributed by atoms with Crippen molar-refractivity contribution >= 4 is 11.9 Å². The number of likely N-dealkylation sites (N-methyl/N-ethyl adjacent to an activating group) is 1. The van der Waals surface area contributed by atoms with E-state index in [4.69, 9.17) is 15.1 Å². The quantitative estimate of drug-likeness (QED) is 0.439. The van der Waals surface area contributed by atoms with Gasteiger partial charge >= 0.3 is 0 Å². The number of hydrogen-bond acceptors (Lipinski definition) is 10. The number of allylic oxidation sites excluding steroid dienone is 1. The molecule has 1 amide bonds. The van der Waals surface area contributed by atoms with Crippen LogP contribution in [0.25, 0.3) is 22.5 Å². The van der Waals surface area contributed by atoms with E-state index in [1.54, 1.807) is 36.5 Å². The van der Waals surface area contributed by atoms with E-state index in [1.165, 1.54) is 4.90 Å². The molecule has 0 aliphatic carbocycles. The Labute approximate surface area is 207 Å². The number of likely N-dealkylation sites (tertiary alicyclic amines) is 1. The second-order valence-corrected chi connectivity index (χ2v) is 8.79. The first-order valence-corrected chi connectivity index (χ1v) is 11.5. The third-order valence-electron chi connectivity index (χ3n) is 6.25. The molecule has 4 heterocycles. The molecule has 36 heavy (non-hydrogen) atoms. The summed E-state index contributed by atoms with van der Waals surface area (Å²) in [7, 11) is 1.65. The standard InChI is InChI=1S/C25H27N7O4/c1-16(12-19-15-35-11-10-32(19)26)28-24-27-8-6-20(29-24)17-4-3-5-18(13-17)21-14-22(36-30-21)25(34)7-9-31(2)23(25)33/h3-6,8,12-14,34H,1,7,9-11,15,26H2,2H3,(H,27,28,29)/b19-12-. The Kier molecular flexibility index (Phi) is 6.27. The van der Waals surface area contributed by atoms with Gasteiger partial charge in [-0.25, -0.2) is 15.8 Å². The molecule has 0 radical (unpaired) electrons. The summed E-state index contributed by atoms with van der Waals surface area (Å²) in [4.78, 5) is 22.8. The zero-order valence-electron chi connectivity index (χ0n) is 19.8. The van der Waals surface area contributed by atoms with Crippen LogP contribution in [-0.4, -0.2) is 69.4 Å². The van der Waals surface area contributed by atoms with E-state index in [0.717, 1.165) is 16.8 Å². The molecular formula is C25H27N7O4. The maximum atomic E-state index is 12.4. The number of anilines is 1. The Bertz CT molecular complexity index is 1340. The van der Waals surface area contributed by atoms with E-state index in [1.807, 2.05) is 24.3 Å². The summed E-state index contributed by atoms with van der Waals surface area (Å²) >= 11 is 0. The predicted molar refractivity (Wildman–Crippen MR) is 132 cm³/mol. The van der Waals surface area contributed by atoms with Crippen molar-refractivity contribution in [1.29, 1.82) is 0 Å². The fourth-order valence-electron chi connectivity index (χ4n) is 4.18. The van der Waals surface area contributed by atoms with Crippen molar-refractivity contribution in [2.24, 2.45) is 5.84 Å². The van der Waals surface area contributed by atoms with Crippen LogP contribution >= 0.6 is 0 Å². The Hall–Kier alpha value is -4.06. The number of benzene rings is 1. The average Bonchev–Trinajstić information content (AvgIpc) is 3.48. The van der Waals surface area contributed by atoms with Gasteiger partial charge in [0.25, 0.3) is 5.91 Å². The number of carbonyl (C=O) groups excluding carboxylic acids is 1. The van der Waals surface area contributed by atoms with Gasteiger partial charge in [0.1, 0.15) is 5.69 Å². The van der Waals surface area contributed by atoms with Gasteiger partial charge in [-0.05, 0) is 18.2 Å². The lowest BCUT2D eigenvalue weighted by Crippen LogP contribution is -2.39. The largest absolute Gasteiger partial charge is 0.373 e. The predicted octanol–water partition coefficient (Wildman–Crippen LogP) is 1.86. The van der Waals surface area contributed by atoms with Gasteiger partial charge in [0.05, 0.1) is 31.1 Å². The Morgan fingerprint density at radius 3 is 2.81 bits per heavy atom. The molecular weight excluding hydrogens is 462 g/mol. The topological polar surface area (TPSA) is 143 Å². The maximum Gasteiger partial charge on any atom is 0.262 e. The number of aromatic nitrogens is 3. The summed E-state index contributed by atoms with van der Waals surface area (Å²) in [5.41, 5.74) is 2.49. The summed E-state index contributed by atoms with van der Waals surface area (Å²) in [5, 5.41) is 19.7. The van der Waals surface area contributed by atoms with E-state index in [0.29, 0.717) is 49.3 Å². The second kappa shape index (κ2) is 9.53. The van der Waals surface area contributed by atoms with Crippen LogP contribution in [0.4, 0.5) is 5.95 Å². The number of morpholine rings is 1. The summed E-state index contributed by atoms with van der Waals surface area (Å²) in [5.74, 6) is 6.11. The zero-order chi connectivity index (χ0) is 25.3. The van der Waals surface area contributed by atoms with E-state index in [9.17, 15) is 9.90 Å².